The summed E-state index contributed by atoms with van der Waals surface area (Å²) >= 11 is 6.00. The van der Waals surface area contributed by atoms with Gasteiger partial charge in [-0.1, -0.05) is 17.7 Å². The smallest absolute Gasteiger partial charge is 0.131 e. The molecule has 1 unspecified atom stereocenters. The number of hydrogen-bond donors (Lipinski definition) is 1. The molecule has 1 N–H and O–H groups in total. The number of nitrogens with zero attached hydrogens (tertiary/aromatic N) is 2. The van der Waals surface area contributed by atoms with Crippen molar-refractivity contribution in [1.82, 2.24) is 15.1 Å². The minimum absolute atomic E-state index is 0.0644. The van der Waals surface area contributed by atoms with Crippen molar-refractivity contribution < 1.29 is 8.78 Å². The van der Waals surface area contributed by atoms with Crippen LogP contribution in [0.15, 0.2) is 24.4 Å². The zero-order chi connectivity index (χ0) is 13.3. The minimum atomic E-state index is -0.689. The molecule has 3 nitrogen and oxygen atoms in total. The monoisotopic (exact) mass is 271 g/mol. The second kappa shape index (κ2) is 5.04. The van der Waals surface area contributed by atoms with Crippen LogP contribution in [0.3, 0.4) is 0 Å². The average Bonchev–Trinajstić information content (AvgIpc) is 2.65. The zero-order valence-electron chi connectivity index (χ0n) is 9.92. The molecule has 0 fully saturated rings. The average molecular weight is 272 g/mol. The van der Waals surface area contributed by atoms with Gasteiger partial charge < -0.3 is 5.32 Å². The van der Waals surface area contributed by atoms with E-state index in [2.05, 4.69) is 10.4 Å². The van der Waals surface area contributed by atoms with Crippen LogP contribution >= 0.6 is 11.6 Å². The molecule has 0 saturated heterocycles. The van der Waals surface area contributed by atoms with E-state index in [0.717, 1.165) is 0 Å². The van der Waals surface area contributed by atoms with E-state index in [1.54, 1.807) is 14.1 Å². The van der Waals surface area contributed by atoms with Crippen molar-refractivity contribution in [3.63, 3.8) is 0 Å². The highest BCUT2D eigenvalue weighted by Crippen LogP contribution is 2.30. The van der Waals surface area contributed by atoms with Gasteiger partial charge >= 0.3 is 0 Å². The molecular formula is C12H12ClF2N3. The summed E-state index contributed by atoms with van der Waals surface area (Å²) < 4.78 is 29.1. The van der Waals surface area contributed by atoms with Gasteiger partial charge in [0.2, 0.25) is 0 Å². The van der Waals surface area contributed by atoms with E-state index in [9.17, 15) is 8.78 Å². The first-order chi connectivity index (χ1) is 8.56. The molecule has 0 saturated carbocycles. The first-order valence-corrected chi connectivity index (χ1v) is 5.72. The number of hydrogen-bond acceptors (Lipinski definition) is 2. The third-order valence-corrected chi connectivity index (χ3v) is 3.08. The van der Waals surface area contributed by atoms with Gasteiger partial charge in [0.25, 0.3) is 0 Å². The molecule has 0 spiro atoms. The molecule has 0 aliphatic rings. The van der Waals surface area contributed by atoms with E-state index in [1.807, 2.05) is 0 Å². The molecule has 1 aromatic carbocycles. The normalized spacial score (nSPS) is 12.7. The van der Waals surface area contributed by atoms with Crippen LogP contribution < -0.4 is 5.32 Å². The Hall–Kier alpha value is -1.46. The van der Waals surface area contributed by atoms with Gasteiger partial charge in [-0.15, -0.1) is 0 Å². The quantitative estimate of drug-likeness (QED) is 0.930. The van der Waals surface area contributed by atoms with Crippen molar-refractivity contribution in [2.75, 3.05) is 7.05 Å². The molecule has 96 valence electrons. The van der Waals surface area contributed by atoms with Crippen molar-refractivity contribution >= 4 is 11.6 Å². The fourth-order valence-corrected chi connectivity index (χ4v) is 2.22. The third kappa shape index (κ3) is 2.11. The maximum atomic E-state index is 13.8. The van der Waals surface area contributed by atoms with Gasteiger partial charge in [-0.05, 0) is 19.2 Å². The first kappa shape index (κ1) is 13.0. The van der Waals surface area contributed by atoms with Crippen molar-refractivity contribution in [2.24, 2.45) is 7.05 Å². The maximum absolute atomic E-state index is 13.8. The van der Waals surface area contributed by atoms with Crippen LogP contribution in [0.2, 0.25) is 5.02 Å². The molecule has 0 aliphatic carbocycles. The zero-order valence-corrected chi connectivity index (χ0v) is 10.7. The second-order valence-electron chi connectivity index (χ2n) is 3.86. The summed E-state index contributed by atoms with van der Waals surface area (Å²) in [4.78, 5) is 0. The number of aryl methyl sites for hydroxylation is 1. The summed E-state index contributed by atoms with van der Waals surface area (Å²) in [6.07, 6.45) is 1.44. The van der Waals surface area contributed by atoms with E-state index >= 15 is 0 Å². The highest BCUT2D eigenvalue weighted by molar-refractivity contribution is 6.31. The fraction of sp³-hybridized carbons (Fsp3) is 0.250. The van der Waals surface area contributed by atoms with Crippen LogP contribution in [-0.4, -0.2) is 16.8 Å². The van der Waals surface area contributed by atoms with E-state index in [-0.39, 0.29) is 5.56 Å². The molecule has 1 atom stereocenters. The van der Waals surface area contributed by atoms with Crippen LogP contribution in [0.25, 0.3) is 0 Å². The molecule has 2 rings (SSSR count). The van der Waals surface area contributed by atoms with Gasteiger partial charge in [-0.2, -0.15) is 5.10 Å². The van der Waals surface area contributed by atoms with Crippen molar-refractivity contribution in [3.05, 3.63) is 52.3 Å². The van der Waals surface area contributed by atoms with Crippen LogP contribution in [0.1, 0.15) is 17.3 Å². The highest BCUT2D eigenvalue weighted by atomic mass is 35.5. The van der Waals surface area contributed by atoms with Crippen LogP contribution in [-0.2, 0) is 7.05 Å². The lowest BCUT2D eigenvalue weighted by molar-refractivity contribution is 0.506. The highest BCUT2D eigenvalue weighted by Gasteiger charge is 2.25. The predicted molar refractivity (Wildman–Crippen MR) is 65.5 cm³/mol. The molecule has 0 amide bonds. The lowest BCUT2D eigenvalue weighted by atomic mass is 10.0. The lowest BCUT2D eigenvalue weighted by Crippen LogP contribution is -2.23. The minimum Gasteiger partial charge on any atom is -0.308 e. The van der Waals surface area contributed by atoms with Gasteiger partial charge in [0.1, 0.15) is 11.6 Å². The van der Waals surface area contributed by atoms with Crippen molar-refractivity contribution in [2.45, 2.75) is 6.04 Å². The second-order valence-corrected chi connectivity index (χ2v) is 4.27. The Kier molecular flexibility index (Phi) is 3.63. The molecule has 0 aliphatic heterocycles. The molecule has 18 heavy (non-hydrogen) atoms. The topological polar surface area (TPSA) is 29.9 Å². The molecule has 6 heteroatoms. The van der Waals surface area contributed by atoms with Crippen molar-refractivity contribution in [3.8, 4) is 0 Å². The Bertz CT molecular complexity index is 529. The Morgan fingerprint density at radius 1 is 1.33 bits per heavy atom. The van der Waals surface area contributed by atoms with E-state index < -0.39 is 17.7 Å². The molecular weight excluding hydrogens is 260 g/mol. The van der Waals surface area contributed by atoms with Gasteiger partial charge in [0, 0.05) is 12.6 Å². The van der Waals surface area contributed by atoms with Crippen molar-refractivity contribution in [1.29, 1.82) is 0 Å². The lowest BCUT2D eigenvalue weighted by Gasteiger charge is -2.19. The number of nitrogens with one attached hydrogen (secondary N) is 1. The third-order valence-electron chi connectivity index (χ3n) is 2.79. The number of halogens is 3. The molecule has 2 aromatic rings. The van der Waals surface area contributed by atoms with Gasteiger partial charge in [-0.25, -0.2) is 8.78 Å². The number of benzene rings is 1. The first-order valence-electron chi connectivity index (χ1n) is 5.34. The standard InChI is InChI=1S/C12H12ClF2N3/c1-16-11(12-7(13)6-17-18(12)2)10-8(14)4-3-5-9(10)15/h3-6,11,16H,1-2H3. The molecule has 1 heterocycles. The summed E-state index contributed by atoms with van der Waals surface area (Å²) in [6.45, 7) is 0. The molecule has 1 aromatic heterocycles. The van der Waals surface area contributed by atoms with E-state index in [0.29, 0.717) is 10.7 Å². The van der Waals surface area contributed by atoms with Crippen LogP contribution in [0.5, 0.6) is 0 Å². The largest absolute Gasteiger partial charge is 0.308 e. The molecule has 0 radical (unpaired) electrons. The summed E-state index contributed by atoms with van der Waals surface area (Å²) in [5.74, 6) is -1.24. The van der Waals surface area contributed by atoms with E-state index in [4.69, 9.17) is 11.6 Å². The summed E-state index contributed by atoms with van der Waals surface area (Å²) in [7, 11) is 3.28. The van der Waals surface area contributed by atoms with Crippen LogP contribution in [0, 0.1) is 11.6 Å². The van der Waals surface area contributed by atoms with Gasteiger partial charge in [0.15, 0.2) is 0 Å². The predicted octanol–water partition coefficient (Wildman–Crippen LogP) is 2.66. The Morgan fingerprint density at radius 2 is 1.94 bits per heavy atom. The Labute approximate surface area is 108 Å². The summed E-state index contributed by atoms with van der Waals surface area (Å²) in [5.41, 5.74) is 0.452. The Balaban J connectivity index is 2.59. The fourth-order valence-electron chi connectivity index (χ4n) is 1.95. The number of rotatable bonds is 3. The number of aromatic nitrogens is 2. The summed E-state index contributed by atoms with van der Waals surface area (Å²) in [5, 5.41) is 7.19. The summed E-state index contributed by atoms with van der Waals surface area (Å²) in [6, 6.07) is 3.07. The Morgan fingerprint density at radius 3 is 2.39 bits per heavy atom. The SMILES string of the molecule is CNC(c1c(F)cccc1F)c1c(Cl)cnn1C. The van der Waals surface area contributed by atoms with Gasteiger partial charge in [0.05, 0.1) is 23.0 Å². The van der Waals surface area contributed by atoms with Gasteiger partial charge in [-0.3, -0.25) is 4.68 Å². The molecule has 0 bridgehead atoms. The maximum Gasteiger partial charge on any atom is 0.131 e. The van der Waals surface area contributed by atoms with Crippen LogP contribution in [0.4, 0.5) is 8.78 Å². The van der Waals surface area contributed by atoms with E-state index in [1.165, 1.54) is 29.1 Å².